The van der Waals surface area contributed by atoms with Crippen LogP contribution in [0, 0.1) is 0 Å². The van der Waals surface area contributed by atoms with Crippen molar-refractivity contribution in [2.24, 2.45) is 4.99 Å². The minimum Gasteiger partial charge on any atom is -0.454 e. The second-order valence-corrected chi connectivity index (χ2v) is 4.37. The van der Waals surface area contributed by atoms with Gasteiger partial charge in [-0.25, -0.2) is 4.79 Å². The summed E-state index contributed by atoms with van der Waals surface area (Å²) in [4.78, 5) is 14.3. The van der Waals surface area contributed by atoms with Gasteiger partial charge < -0.3 is 19.5 Å². The highest BCUT2D eigenvalue weighted by atomic mass is 16.7. The number of hydrogen-bond acceptors (Lipinski definition) is 6. The fourth-order valence-corrected chi connectivity index (χ4v) is 2.30. The number of aliphatic imine (C=N–C) groups is 1. The topological polar surface area (TPSA) is 88.4 Å². The van der Waals surface area contributed by atoms with Crippen LogP contribution < -0.4 is 14.9 Å². The van der Waals surface area contributed by atoms with Gasteiger partial charge in [-0.15, -0.1) is 0 Å². The lowest BCUT2D eigenvalue weighted by Gasteiger charge is -2.15. The van der Waals surface area contributed by atoms with Gasteiger partial charge in [0.1, 0.15) is 0 Å². The van der Waals surface area contributed by atoms with E-state index >= 15 is 0 Å². The van der Waals surface area contributed by atoms with Crippen LogP contribution in [0.4, 0.5) is 0 Å². The lowest BCUT2D eigenvalue weighted by molar-refractivity contribution is 0.174. The largest absolute Gasteiger partial charge is 0.492 e. The van der Waals surface area contributed by atoms with E-state index in [1.807, 2.05) is 0 Å². The molecule has 6 nitrogen and oxygen atoms in total. The van der Waals surface area contributed by atoms with Crippen LogP contribution in [0.25, 0.3) is 0 Å². The summed E-state index contributed by atoms with van der Waals surface area (Å²) in [5.41, 5.74) is 0.133. The van der Waals surface area contributed by atoms with Crippen LogP contribution in [-0.2, 0) is 10.3 Å². The molecule has 1 saturated carbocycles. The lowest BCUT2D eigenvalue weighted by Crippen LogP contribution is -2.36. The molecule has 1 aliphatic carbocycles. The van der Waals surface area contributed by atoms with E-state index in [0.717, 1.165) is 0 Å². The third-order valence-corrected chi connectivity index (χ3v) is 3.32. The summed E-state index contributed by atoms with van der Waals surface area (Å²) < 4.78 is 10.4. The number of nitrogens with zero attached hydrogens (tertiary/aromatic N) is 1. The molecule has 1 heterocycles. The molecule has 92 valence electrons. The molecule has 0 amide bonds. The van der Waals surface area contributed by atoms with E-state index in [0.29, 0.717) is 29.9 Å². The average molecular weight is 247 g/mol. The summed E-state index contributed by atoms with van der Waals surface area (Å²) in [5.74, 6) is 0.780. The Morgan fingerprint density at radius 1 is 1.33 bits per heavy atom. The third-order valence-electron chi connectivity index (χ3n) is 3.32. The van der Waals surface area contributed by atoms with Crippen molar-refractivity contribution in [3.8, 4) is 11.5 Å². The van der Waals surface area contributed by atoms with Crippen LogP contribution >= 0.6 is 0 Å². The van der Waals surface area contributed by atoms with E-state index in [9.17, 15) is 14.8 Å². The van der Waals surface area contributed by atoms with Gasteiger partial charge in [0.15, 0.2) is 11.5 Å². The van der Waals surface area contributed by atoms with Crippen LogP contribution in [0.2, 0.25) is 0 Å². The van der Waals surface area contributed by atoms with E-state index in [4.69, 9.17) is 9.47 Å². The van der Waals surface area contributed by atoms with Gasteiger partial charge >= 0.3 is 7.12 Å². The Bertz CT molecular complexity index is 549. The Hall–Kier alpha value is -1.82. The molecule has 7 heteroatoms. The molecule has 0 aromatic heterocycles. The molecule has 2 aliphatic rings. The fourth-order valence-electron chi connectivity index (χ4n) is 2.30. The molecule has 0 atom stereocenters. The Balaban J connectivity index is 2.18. The molecule has 0 unspecified atom stereocenters. The average Bonchev–Trinajstić information content (AvgIpc) is 2.97. The van der Waals surface area contributed by atoms with Crippen LogP contribution in [0.15, 0.2) is 17.1 Å². The minimum atomic E-state index is -1.70. The summed E-state index contributed by atoms with van der Waals surface area (Å²) in [6.07, 6.45) is 2.91. The zero-order chi connectivity index (χ0) is 12.8. The van der Waals surface area contributed by atoms with Crippen molar-refractivity contribution in [1.82, 2.24) is 0 Å². The van der Waals surface area contributed by atoms with Gasteiger partial charge in [0.25, 0.3) is 0 Å². The number of fused-ring (bicyclic) bond motifs is 1. The predicted molar refractivity (Wildman–Crippen MR) is 61.4 cm³/mol. The van der Waals surface area contributed by atoms with Crippen molar-refractivity contribution in [3.05, 3.63) is 17.7 Å². The third kappa shape index (κ3) is 1.53. The second-order valence-electron chi connectivity index (χ2n) is 4.37. The van der Waals surface area contributed by atoms with Gasteiger partial charge in [0.05, 0.1) is 5.54 Å². The van der Waals surface area contributed by atoms with Crippen molar-refractivity contribution in [3.63, 3.8) is 0 Å². The predicted octanol–water partition coefficient (Wildman–Crippen LogP) is -0.580. The first-order valence-corrected chi connectivity index (χ1v) is 5.56. The quantitative estimate of drug-likeness (QED) is 0.423. The molecule has 2 N–H and O–H groups in total. The van der Waals surface area contributed by atoms with E-state index in [1.165, 1.54) is 0 Å². The molecule has 3 rings (SSSR count). The Labute approximate surface area is 103 Å². The van der Waals surface area contributed by atoms with E-state index in [1.54, 1.807) is 18.2 Å². The van der Waals surface area contributed by atoms with Gasteiger partial charge in [-0.1, -0.05) is 6.07 Å². The molecule has 1 aliphatic heterocycles. The monoisotopic (exact) mass is 247 g/mol. The molecule has 0 saturated heterocycles. The van der Waals surface area contributed by atoms with Crippen molar-refractivity contribution >= 4 is 18.7 Å². The summed E-state index contributed by atoms with van der Waals surface area (Å²) in [5, 5.41) is 19.0. The first kappa shape index (κ1) is 11.3. The smallest absolute Gasteiger partial charge is 0.454 e. The van der Waals surface area contributed by atoms with E-state index in [2.05, 4.69) is 4.99 Å². The van der Waals surface area contributed by atoms with Gasteiger partial charge in [-0.05, 0) is 24.5 Å². The normalized spacial score (nSPS) is 18.1. The highest BCUT2D eigenvalue weighted by Crippen LogP contribution is 2.50. The number of hydrogen-bond donors (Lipinski definition) is 2. The van der Waals surface area contributed by atoms with Crippen molar-refractivity contribution < 1.29 is 24.3 Å². The zero-order valence-electron chi connectivity index (χ0n) is 9.42. The van der Waals surface area contributed by atoms with Gasteiger partial charge in [0.2, 0.25) is 12.9 Å². The molecular formula is C11H10BNO5. The van der Waals surface area contributed by atoms with Gasteiger partial charge in [-0.3, -0.25) is 0 Å². The highest BCUT2D eigenvalue weighted by Gasteiger charge is 2.48. The van der Waals surface area contributed by atoms with Crippen LogP contribution in [0.1, 0.15) is 18.4 Å². The molecule has 18 heavy (non-hydrogen) atoms. The maximum atomic E-state index is 10.5. The molecule has 0 spiro atoms. The number of isocyanates is 1. The summed E-state index contributed by atoms with van der Waals surface area (Å²) in [6.45, 7) is 0.0441. The maximum absolute atomic E-state index is 10.5. The van der Waals surface area contributed by atoms with Gasteiger partial charge in [0, 0.05) is 5.46 Å². The number of benzene rings is 1. The Morgan fingerprint density at radius 2 is 2.11 bits per heavy atom. The fraction of sp³-hybridized carbons (Fsp3) is 0.364. The number of ether oxygens (including phenoxy) is 2. The molecule has 0 radical (unpaired) electrons. The first-order valence-electron chi connectivity index (χ1n) is 5.56. The molecule has 1 aromatic carbocycles. The van der Waals surface area contributed by atoms with Crippen molar-refractivity contribution in [2.45, 2.75) is 18.4 Å². The highest BCUT2D eigenvalue weighted by molar-refractivity contribution is 6.60. The molecule has 1 aromatic rings. The summed E-state index contributed by atoms with van der Waals surface area (Å²) >= 11 is 0. The van der Waals surface area contributed by atoms with Crippen LogP contribution in [0.3, 0.4) is 0 Å². The lowest BCUT2D eigenvalue weighted by atomic mass is 9.73. The standard InChI is InChI=1S/C11H10BNO5/c14-5-13-11(3-4-11)7-1-2-8-10(18-6-17-8)9(7)12(15)16/h1-2,15-16H,3-4,6H2. The van der Waals surface area contributed by atoms with E-state index < -0.39 is 12.7 Å². The Morgan fingerprint density at radius 3 is 2.72 bits per heavy atom. The summed E-state index contributed by atoms with van der Waals surface area (Å²) in [7, 11) is -1.70. The van der Waals surface area contributed by atoms with Crippen LogP contribution in [-0.4, -0.2) is 30.0 Å². The molecular weight excluding hydrogens is 237 g/mol. The van der Waals surface area contributed by atoms with Crippen LogP contribution in [0.5, 0.6) is 11.5 Å². The minimum absolute atomic E-state index is 0.0441. The van der Waals surface area contributed by atoms with Crippen molar-refractivity contribution in [1.29, 1.82) is 0 Å². The number of carbonyl (C=O) groups excluding carboxylic acids is 1. The zero-order valence-corrected chi connectivity index (χ0v) is 9.42. The van der Waals surface area contributed by atoms with Gasteiger partial charge in [-0.2, -0.15) is 4.99 Å². The molecule has 0 bridgehead atoms. The summed E-state index contributed by atoms with van der Waals surface area (Å²) in [6, 6.07) is 3.38. The number of rotatable bonds is 3. The molecule has 1 fully saturated rings. The van der Waals surface area contributed by atoms with E-state index in [-0.39, 0.29) is 12.3 Å². The first-order chi connectivity index (χ1) is 8.68. The maximum Gasteiger partial charge on any atom is 0.492 e. The van der Waals surface area contributed by atoms with Crippen molar-refractivity contribution in [2.75, 3.05) is 6.79 Å². The Kier molecular flexibility index (Phi) is 2.41. The SMILES string of the molecule is O=C=NC1(c2ccc3c(c2B(O)O)OCO3)CC1. The second kappa shape index (κ2) is 3.85.